The average molecular weight is 380 g/mol. The summed E-state index contributed by atoms with van der Waals surface area (Å²) in [5.41, 5.74) is 0.202. The first-order chi connectivity index (χ1) is 12.5. The van der Waals surface area contributed by atoms with Crippen LogP contribution < -0.4 is 0 Å². The van der Waals surface area contributed by atoms with Crippen molar-refractivity contribution >= 4 is 16.0 Å². The minimum atomic E-state index is -3.23. The van der Waals surface area contributed by atoms with Crippen LogP contribution in [0.15, 0.2) is 30.3 Å². The standard InChI is InChI=1S/C20H29NO4S/c1-2-26(23,24)21-15-13-20(14-16-21,17-9-5-3-6-10-17)19(22)25-18-11-7-4-8-12-18/h3,5-6,9-10,18H,2,4,7-8,11-16H2,1H3. The molecule has 0 bridgehead atoms. The summed E-state index contributed by atoms with van der Waals surface area (Å²) < 4.78 is 31.8. The predicted molar refractivity (Wildman–Crippen MR) is 101 cm³/mol. The highest BCUT2D eigenvalue weighted by molar-refractivity contribution is 7.89. The van der Waals surface area contributed by atoms with E-state index in [4.69, 9.17) is 4.74 Å². The molecule has 1 aromatic rings. The molecule has 1 saturated carbocycles. The summed E-state index contributed by atoms with van der Waals surface area (Å²) in [4.78, 5) is 13.2. The zero-order valence-corrected chi connectivity index (χ0v) is 16.3. The van der Waals surface area contributed by atoms with Crippen LogP contribution >= 0.6 is 0 Å². The van der Waals surface area contributed by atoms with Gasteiger partial charge in [-0.05, 0) is 51.0 Å². The lowest BCUT2D eigenvalue weighted by molar-refractivity contribution is -0.159. The molecule has 0 aromatic heterocycles. The molecule has 0 radical (unpaired) electrons. The molecule has 1 aliphatic heterocycles. The molecule has 0 atom stereocenters. The Morgan fingerprint density at radius 2 is 1.73 bits per heavy atom. The Morgan fingerprint density at radius 1 is 1.12 bits per heavy atom. The lowest BCUT2D eigenvalue weighted by Gasteiger charge is -2.40. The Bertz CT molecular complexity index is 703. The van der Waals surface area contributed by atoms with Gasteiger partial charge in [0, 0.05) is 13.1 Å². The fourth-order valence-corrected chi connectivity index (χ4v) is 5.25. The third-order valence-electron chi connectivity index (χ3n) is 5.88. The quantitative estimate of drug-likeness (QED) is 0.737. The third kappa shape index (κ3) is 3.96. The molecule has 0 unspecified atom stereocenters. The van der Waals surface area contributed by atoms with E-state index in [1.807, 2.05) is 30.3 Å². The summed E-state index contributed by atoms with van der Waals surface area (Å²) in [7, 11) is -3.23. The van der Waals surface area contributed by atoms with Crippen LogP contribution in [0.2, 0.25) is 0 Å². The van der Waals surface area contributed by atoms with Gasteiger partial charge in [0.1, 0.15) is 6.10 Å². The van der Waals surface area contributed by atoms with Gasteiger partial charge in [0.15, 0.2) is 0 Å². The van der Waals surface area contributed by atoms with Crippen LogP contribution in [-0.2, 0) is 25.0 Å². The molecule has 5 nitrogen and oxygen atoms in total. The molecule has 1 aromatic carbocycles. The molecule has 2 aliphatic rings. The van der Waals surface area contributed by atoms with Gasteiger partial charge in [-0.1, -0.05) is 36.8 Å². The molecule has 144 valence electrons. The second-order valence-electron chi connectivity index (χ2n) is 7.41. The minimum absolute atomic E-state index is 0.00856. The Hall–Kier alpha value is -1.40. The number of hydrogen-bond acceptors (Lipinski definition) is 4. The fraction of sp³-hybridized carbons (Fsp3) is 0.650. The van der Waals surface area contributed by atoms with Crippen LogP contribution in [0.3, 0.4) is 0 Å². The van der Waals surface area contributed by atoms with Crippen molar-refractivity contribution in [1.29, 1.82) is 0 Å². The first-order valence-corrected chi connectivity index (χ1v) is 11.3. The van der Waals surface area contributed by atoms with Crippen LogP contribution in [0.5, 0.6) is 0 Å². The summed E-state index contributed by atoms with van der Waals surface area (Å²) in [5, 5.41) is 0. The molecule has 1 saturated heterocycles. The monoisotopic (exact) mass is 379 g/mol. The first kappa shape index (κ1) is 19.4. The SMILES string of the molecule is CCS(=O)(=O)N1CCC(C(=O)OC2CCCCC2)(c2ccccc2)CC1. The molecule has 0 amide bonds. The maximum absolute atomic E-state index is 13.2. The number of rotatable bonds is 5. The second-order valence-corrected chi connectivity index (χ2v) is 9.67. The zero-order valence-electron chi connectivity index (χ0n) is 15.5. The molecule has 3 rings (SSSR count). The molecule has 0 spiro atoms. The lowest BCUT2D eigenvalue weighted by Crippen LogP contribution is -2.50. The van der Waals surface area contributed by atoms with Crippen molar-refractivity contribution in [1.82, 2.24) is 4.31 Å². The van der Waals surface area contributed by atoms with Crippen molar-refractivity contribution in [2.24, 2.45) is 0 Å². The highest BCUT2D eigenvalue weighted by Gasteiger charge is 2.46. The van der Waals surface area contributed by atoms with Gasteiger partial charge in [-0.3, -0.25) is 4.79 Å². The van der Waals surface area contributed by atoms with Gasteiger partial charge in [-0.15, -0.1) is 0 Å². The minimum Gasteiger partial charge on any atom is -0.462 e. The fourth-order valence-electron chi connectivity index (χ4n) is 4.14. The highest BCUT2D eigenvalue weighted by Crippen LogP contribution is 2.38. The molecular weight excluding hydrogens is 350 g/mol. The van der Waals surface area contributed by atoms with Crippen molar-refractivity contribution < 1.29 is 17.9 Å². The van der Waals surface area contributed by atoms with Gasteiger partial charge >= 0.3 is 5.97 Å². The number of carbonyl (C=O) groups excluding carboxylic acids is 1. The molecule has 1 aliphatic carbocycles. The van der Waals surface area contributed by atoms with Crippen LogP contribution in [-0.4, -0.2) is 43.6 Å². The molecular formula is C20H29NO4S. The molecule has 0 N–H and O–H groups in total. The van der Waals surface area contributed by atoms with Gasteiger partial charge in [-0.25, -0.2) is 12.7 Å². The van der Waals surface area contributed by atoms with Crippen LogP contribution in [0.1, 0.15) is 57.4 Å². The number of benzene rings is 1. The summed E-state index contributed by atoms with van der Waals surface area (Å²) in [6, 6.07) is 9.72. The van der Waals surface area contributed by atoms with Gasteiger partial charge in [0.05, 0.1) is 11.2 Å². The van der Waals surface area contributed by atoms with E-state index in [0.29, 0.717) is 25.9 Å². The van der Waals surface area contributed by atoms with Crippen molar-refractivity contribution in [2.75, 3.05) is 18.8 Å². The van der Waals surface area contributed by atoms with E-state index in [2.05, 4.69) is 0 Å². The maximum atomic E-state index is 13.2. The summed E-state index contributed by atoms with van der Waals surface area (Å²) in [5.74, 6) is -0.0816. The highest BCUT2D eigenvalue weighted by atomic mass is 32.2. The number of ether oxygens (including phenoxy) is 1. The van der Waals surface area contributed by atoms with Crippen molar-refractivity contribution in [3.63, 3.8) is 0 Å². The normalized spacial score (nSPS) is 22.0. The predicted octanol–water partition coefficient (Wildman–Crippen LogP) is 3.25. The number of hydrogen-bond donors (Lipinski definition) is 0. The van der Waals surface area contributed by atoms with Crippen LogP contribution in [0, 0.1) is 0 Å². The largest absolute Gasteiger partial charge is 0.462 e. The topological polar surface area (TPSA) is 63.7 Å². The molecule has 6 heteroatoms. The summed E-state index contributed by atoms with van der Waals surface area (Å²) >= 11 is 0. The number of piperidine rings is 1. The molecule has 2 fully saturated rings. The van der Waals surface area contributed by atoms with Crippen LogP contribution in [0.4, 0.5) is 0 Å². The van der Waals surface area contributed by atoms with Crippen molar-refractivity contribution in [2.45, 2.75) is 63.4 Å². The van der Waals surface area contributed by atoms with E-state index in [9.17, 15) is 13.2 Å². The van der Waals surface area contributed by atoms with Gasteiger partial charge < -0.3 is 4.74 Å². The van der Waals surface area contributed by atoms with E-state index in [-0.39, 0.29) is 17.8 Å². The second kappa shape index (κ2) is 8.09. The molecule has 1 heterocycles. The van der Waals surface area contributed by atoms with Gasteiger partial charge in [0.25, 0.3) is 0 Å². The van der Waals surface area contributed by atoms with E-state index in [1.54, 1.807) is 6.92 Å². The Labute approximate surface area is 156 Å². The van der Waals surface area contributed by atoms with E-state index >= 15 is 0 Å². The Balaban J connectivity index is 1.81. The maximum Gasteiger partial charge on any atom is 0.316 e. The van der Waals surface area contributed by atoms with Crippen LogP contribution in [0.25, 0.3) is 0 Å². The number of nitrogens with zero attached hydrogens (tertiary/aromatic N) is 1. The number of carbonyl (C=O) groups is 1. The summed E-state index contributed by atoms with van der Waals surface area (Å²) in [6.45, 7) is 2.39. The van der Waals surface area contributed by atoms with E-state index in [0.717, 1.165) is 31.2 Å². The van der Waals surface area contributed by atoms with E-state index in [1.165, 1.54) is 10.7 Å². The van der Waals surface area contributed by atoms with Gasteiger partial charge in [0.2, 0.25) is 10.0 Å². The lowest BCUT2D eigenvalue weighted by atomic mass is 9.73. The zero-order chi connectivity index (χ0) is 18.6. The number of sulfonamides is 1. The third-order valence-corrected chi connectivity index (χ3v) is 7.76. The average Bonchev–Trinajstić information content (AvgIpc) is 2.69. The smallest absolute Gasteiger partial charge is 0.316 e. The Kier molecular flexibility index (Phi) is 6.03. The first-order valence-electron chi connectivity index (χ1n) is 9.72. The van der Waals surface area contributed by atoms with Gasteiger partial charge in [-0.2, -0.15) is 0 Å². The van der Waals surface area contributed by atoms with Crippen molar-refractivity contribution in [3.05, 3.63) is 35.9 Å². The summed E-state index contributed by atoms with van der Waals surface area (Å²) in [6.07, 6.45) is 6.26. The molecule has 26 heavy (non-hydrogen) atoms. The Morgan fingerprint density at radius 3 is 2.31 bits per heavy atom. The van der Waals surface area contributed by atoms with Crippen molar-refractivity contribution in [3.8, 4) is 0 Å². The number of esters is 1. The van der Waals surface area contributed by atoms with E-state index < -0.39 is 15.4 Å².